The van der Waals surface area contributed by atoms with Crippen LogP contribution >= 0.6 is 0 Å². The van der Waals surface area contributed by atoms with Gasteiger partial charge in [0.2, 0.25) is 5.91 Å². The number of carbonyl (C=O) groups excluding carboxylic acids is 1. The zero-order valence-electron chi connectivity index (χ0n) is 11.3. The summed E-state index contributed by atoms with van der Waals surface area (Å²) in [5, 5.41) is 3.32. The van der Waals surface area contributed by atoms with E-state index in [2.05, 4.69) is 10.2 Å². The van der Waals surface area contributed by atoms with Gasteiger partial charge >= 0.3 is 0 Å². The minimum atomic E-state index is -0.208. The van der Waals surface area contributed by atoms with E-state index in [4.69, 9.17) is 4.74 Å². The number of nitrogens with one attached hydrogen (secondary N) is 1. The summed E-state index contributed by atoms with van der Waals surface area (Å²) in [6.45, 7) is 4.08. The highest BCUT2D eigenvalue weighted by Crippen LogP contribution is 2.41. The topological polar surface area (TPSA) is 41.6 Å². The Morgan fingerprint density at radius 1 is 1.39 bits per heavy atom. The molecule has 0 radical (unpaired) electrons. The first-order valence-corrected chi connectivity index (χ1v) is 7.26. The van der Waals surface area contributed by atoms with Crippen molar-refractivity contribution in [3.63, 3.8) is 0 Å². The maximum atomic E-state index is 12.5. The Morgan fingerprint density at radius 2 is 2.11 bits per heavy atom. The van der Waals surface area contributed by atoms with Crippen molar-refractivity contribution in [3.8, 4) is 0 Å². The molecule has 4 nitrogen and oxygen atoms in total. The largest absolute Gasteiger partial charge is 0.384 e. The maximum absolute atomic E-state index is 12.5. The van der Waals surface area contributed by atoms with Crippen LogP contribution in [0.2, 0.25) is 0 Å². The molecule has 0 aromatic heterocycles. The highest BCUT2D eigenvalue weighted by Gasteiger charge is 2.46. The molecule has 1 N–H and O–H groups in total. The summed E-state index contributed by atoms with van der Waals surface area (Å²) < 4.78 is 5.25. The molecule has 0 spiro atoms. The van der Waals surface area contributed by atoms with Crippen molar-refractivity contribution in [1.29, 1.82) is 0 Å². The number of piperidine rings is 3. The normalized spacial score (nSPS) is 37.1. The molecule has 1 atom stereocenters. The third-order valence-corrected chi connectivity index (χ3v) is 5.19. The summed E-state index contributed by atoms with van der Waals surface area (Å²) in [6.07, 6.45) is 5.66. The number of rotatable bonds is 4. The number of ether oxygens (including phenoxy) is 1. The molecule has 4 rings (SSSR count). The van der Waals surface area contributed by atoms with Gasteiger partial charge in [-0.1, -0.05) is 6.42 Å². The molecular formula is C14H24N2O2. The molecule has 0 aromatic rings. The first-order chi connectivity index (χ1) is 8.73. The minimum absolute atomic E-state index is 0.208. The lowest BCUT2D eigenvalue weighted by Gasteiger charge is -2.47. The van der Waals surface area contributed by atoms with E-state index in [1.54, 1.807) is 7.11 Å². The highest BCUT2D eigenvalue weighted by atomic mass is 16.5. The molecule has 2 bridgehead atoms. The van der Waals surface area contributed by atoms with Gasteiger partial charge in [0.05, 0.1) is 12.0 Å². The van der Waals surface area contributed by atoms with Crippen LogP contribution in [-0.2, 0) is 9.53 Å². The Balaban J connectivity index is 1.60. The van der Waals surface area contributed by atoms with Gasteiger partial charge in [-0.25, -0.2) is 0 Å². The number of carbonyl (C=O) groups is 1. The zero-order valence-corrected chi connectivity index (χ0v) is 11.3. The number of hydrogen-bond acceptors (Lipinski definition) is 3. The zero-order chi connectivity index (χ0) is 12.6. The molecule has 3 saturated heterocycles. The highest BCUT2D eigenvalue weighted by molar-refractivity contribution is 5.84. The molecule has 4 aliphatic rings. The number of nitrogens with zero attached hydrogens (tertiary/aromatic N) is 1. The Bertz CT molecular complexity index is 320. The molecule has 0 aromatic carbocycles. The number of fused-ring (bicyclic) bond motifs is 3. The average molecular weight is 252 g/mol. The summed E-state index contributed by atoms with van der Waals surface area (Å²) >= 11 is 0. The van der Waals surface area contributed by atoms with Crippen LogP contribution in [-0.4, -0.2) is 50.2 Å². The van der Waals surface area contributed by atoms with Crippen LogP contribution in [0, 0.1) is 11.3 Å². The van der Waals surface area contributed by atoms with Gasteiger partial charge in [-0.15, -0.1) is 0 Å². The maximum Gasteiger partial charge on any atom is 0.228 e. The van der Waals surface area contributed by atoms with Crippen LogP contribution in [0.5, 0.6) is 0 Å². The van der Waals surface area contributed by atoms with Crippen molar-refractivity contribution >= 4 is 5.91 Å². The lowest BCUT2D eigenvalue weighted by molar-refractivity contribution is -0.142. The Labute approximate surface area is 109 Å². The molecule has 0 unspecified atom stereocenters. The van der Waals surface area contributed by atoms with Crippen molar-refractivity contribution in [3.05, 3.63) is 0 Å². The SMILES string of the molecule is COCC1(C(=O)N[C@@H]2CN3CCC2CC3)CCC1. The third kappa shape index (κ3) is 2.05. The summed E-state index contributed by atoms with van der Waals surface area (Å²) in [4.78, 5) is 15.0. The van der Waals surface area contributed by atoms with Crippen LogP contribution in [0.25, 0.3) is 0 Å². The van der Waals surface area contributed by atoms with E-state index >= 15 is 0 Å². The molecule has 4 fully saturated rings. The van der Waals surface area contributed by atoms with E-state index in [1.165, 1.54) is 25.9 Å². The van der Waals surface area contributed by atoms with E-state index in [-0.39, 0.29) is 11.3 Å². The van der Waals surface area contributed by atoms with Crippen molar-refractivity contribution in [2.45, 2.75) is 38.1 Å². The summed E-state index contributed by atoms with van der Waals surface area (Å²) in [5.41, 5.74) is -0.208. The third-order valence-electron chi connectivity index (χ3n) is 5.19. The summed E-state index contributed by atoms with van der Waals surface area (Å²) in [7, 11) is 1.70. The predicted molar refractivity (Wildman–Crippen MR) is 69.3 cm³/mol. The second-order valence-corrected chi connectivity index (χ2v) is 6.28. The van der Waals surface area contributed by atoms with Crippen LogP contribution in [0.4, 0.5) is 0 Å². The van der Waals surface area contributed by atoms with E-state index in [9.17, 15) is 4.79 Å². The van der Waals surface area contributed by atoms with Crippen molar-refractivity contribution in [2.24, 2.45) is 11.3 Å². The lowest BCUT2D eigenvalue weighted by Crippen LogP contribution is -2.60. The quantitative estimate of drug-likeness (QED) is 0.812. The van der Waals surface area contributed by atoms with E-state index in [1.807, 2.05) is 0 Å². The monoisotopic (exact) mass is 252 g/mol. The molecule has 3 aliphatic heterocycles. The van der Waals surface area contributed by atoms with E-state index < -0.39 is 0 Å². The molecule has 1 aliphatic carbocycles. The van der Waals surface area contributed by atoms with Gasteiger partial charge in [0.25, 0.3) is 0 Å². The van der Waals surface area contributed by atoms with Gasteiger partial charge < -0.3 is 15.0 Å². The van der Waals surface area contributed by atoms with Crippen LogP contribution < -0.4 is 5.32 Å². The molecule has 1 amide bonds. The second kappa shape index (κ2) is 4.82. The van der Waals surface area contributed by atoms with Gasteiger partial charge in [0.15, 0.2) is 0 Å². The molecular weight excluding hydrogens is 228 g/mol. The van der Waals surface area contributed by atoms with Gasteiger partial charge in [0.1, 0.15) is 0 Å². The predicted octanol–water partition coefficient (Wildman–Crippen LogP) is 1.01. The van der Waals surface area contributed by atoms with Gasteiger partial charge in [0, 0.05) is 19.7 Å². The smallest absolute Gasteiger partial charge is 0.228 e. The summed E-state index contributed by atoms with van der Waals surface area (Å²) in [6, 6.07) is 0.384. The van der Waals surface area contributed by atoms with Crippen LogP contribution in [0.15, 0.2) is 0 Å². The van der Waals surface area contributed by atoms with Crippen LogP contribution in [0.1, 0.15) is 32.1 Å². The van der Waals surface area contributed by atoms with Gasteiger partial charge in [-0.2, -0.15) is 0 Å². The average Bonchev–Trinajstić information content (AvgIpc) is 2.35. The molecule has 1 saturated carbocycles. The first-order valence-electron chi connectivity index (χ1n) is 7.26. The fraction of sp³-hybridized carbons (Fsp3) is 0.929. The number of amides is 1. The standard InChI is InChI=1S/C14H24N2O2/c1-18-10-14(5-2-6-14)13(17)15-12-9-16-7-3-11(12)4-8-16/h11-12H,2-10H2,1H3,(H,15,17)/t12-/m1/s1. The van der Waals surface area contributed by atoms with Gasteiger partial charge in [-0.05, 0) is 44.7 Å². The van der Waals surface area contributed by atoms with Crippen molar-refractivity contribution in [2.75, 3.05) is 33.4 Å². The first kappa shape index (κ1) is 12.4. The lowest BCUT2D eigenvalue weighted by atomic mass is 9.68. The summed E-state index contributed by atoms with van der Waals surface area (Å²) in [5.74, 6) is 0.952. The Kier molecular flexibility index (Phi) is 3.32. The fourth-order valence-electron chi connectivity index (χ4n) is 3.77. The number of hydrogen-bond donors (Lipinski definition) is 1. The number of methoxy groups -OCH3 is 1. The Hall–Kier alpha value is -0.610. The molecule has 3 heterocycles. The van der Waals surface area contributed by atoms with Crippen molar-refractivity contribution in [1.82, 2.24) is 10.2 Å². The Morgan fingerprint density at radius 3 is 2.56 bits per heavy atom. The second-order valence-electron chi connectivity index (χ2n) is 6.28. The van der Waals surface area contributed by atoms with E-state index in [0.717, 1.165) is 25.8 Å². The van der Waals surface area contributed by atoms with Gasteiger partial charge in [-0.3, -0.25) is 4.79 Å². The van der Waals surface area contributed by atoms with Crippen LogP contribution in [0.3, 0.4) is 0 Å². The molecule has 4 heteroatoms. The minimum Gasteiger partial charge on any atom is -0.384 e. The molecule has 18 heavy (non-hydrogen) atoms. The van der Waals surface area contributed by atoms with Crippen molar-refractivity contribution < 1.29 is 9.53 Å². The fourth-order valence-corrected chi connectivity index (χ4v) is 3.77. The van der Waals surface area contributed by atoms with E-state index in [0.29, 0.717) is 18.6 Å². The molecule has 102 valence electrons.